The van der Waals surface area contributed by atoms with Gasteiger partial charge in [0.05, 0.1) is 5.52 Å². The Balaban J connectivity index is 1.27. The lowest BCUT2D eigenvalue weighted by atomic mass is 9.74. The molecule has 1 amide bonds. The number of rotatable bonds is 4. The van der Waals surface area contributed by atoms with Crippen LogP contribution in [0.25, 0.3) is 10.9 Å². The van der Waals surface area contributed by atoms with Crippen molar-refractivity contribution in [2.75, 3.05) is 0 Å². The van der Waals surface area contributed by atoms with Crippen molar-refractivity contribution in [3.05, 3.63) is 78.0 Å². The molecule has 2 aromatic carbocycles. The molecule has 0 spiro atoms. The van der Waals surface area contributed by atoms with Crippen molar-refractivity contribution in [1.29, 1.82) is 0 Å². The summed E-state index contributed by atoms with van der Waals surface area (Å²) in [6.07, 6.45) is 8.97. The second-order valence-electron chi connectivity index (χ2n) is 8.44. The molecule has 1 aromatic heterocycles. The van der Waals surface area contributed by atoms with Gasteiger partial charge in [-0.05, 0) is 80.2 Å². The van der Waals surface area contributed by atoms with Crippen molar-refractivity contribution >= 4 is 16.8 Å². The van der Waals surface area contributed by atoms with E-state index in [4.69, 9.17) is 0 Å². The average Bonchev–Trinajstić information content (AvgIpc) is 3.54. The van der Waals surface area contributed by atoms with E-state index in [-0.39, 0.29) is 11.4 Å². The maximum Gasteiger partial charge on any atom is 0.251 e. The van der Waals surface area contributed by atoms with E-state index >= 15 is 0 Å². The fourth-order valence-corrected chi connectivity index (χ4v) is 5.09. The summed E-state index contributed by atoms with van der Waals surface area (Å²) in [5.74, 6) is 1.29. The number of amides is 1. The molecule has 1 heterocycles. The normalized spacial score (nSPS) is 23.3. The number of nitrogens with zero attached hydrogens (tertiary/aromatic N) is 1. The van der Waals surface area contributed by atoms with E-state index in [2.05, 4.69) is 40.6 Å². The van der Waals surface area contributed by atoms with Crippen molar-refractivity contribution in [2.24, 2.45) is 5.92 Å². The number of hydrogen-bond acceptors (Lipinski definition) is 2. The lowest BCUT2D eigenvalue weighted by Crippen LogP contribution is -2.43. The molecule has 3 nitrogen and oxygen atoms in total. The van der Waals surface area contributed by atoms with Crippen molar-refractivity contribution in [3.8, 4) is 0 Å². The monoisotopic (exact) mass is 370 g/mol. The maximum absolute atomic E-state index is 12.7. The van der Waals surface area contributed by atoms with E-state index in [1.54, 1.807) is 0 Å². The third-order valence-electron chi connectivity index (χ3n) is 6.82. The Morgan fingerprint density at radius 1 is 0.893 bits per heavy atom. The Morgan fingerprint density at radius 3 is 2.36 bits per heavy atom. The van der Waals surface area contributed by atoms with Crippen LogP contribution in [0.2, 0.25) is 0 Å². The molecule has 5 rings (SSSR count). The highest BCUT2D eigenvalue weighted by atomic mass is 16.1. The Morgan fingerprint density at radius 2 is 1.61 bits per heavy atom. The molecular weight excluding hydrogens is 344 g/mol. The molecular formula is C25H26N2O. The molecule has 0 radical (unpaired) electrons. The SMILES string of the molecule is O=C(NC1([C@H]2CC[C@@H](c3ccnc4ccccc43)CC2)CC1)c1ccccc1. The van der Waals surface area contributed by atoms with Crippen LogP contribution in [0.15, 0.2) is 66.9 Å². The summed E-state index contributed by atoms with van der Waals surface area (Å²) in [5.41, 5.74) is 3.35. The van der Waals surface area contributed by atoms with Gasteiger partial charge < -0.3 is 5.32 Å². The quantitative estimate of drug-likeness (QED) is 0.661. The van der Waals surface area contributed by atoms with Crippen LogP contribution in [-0.2, 0) is 0 Å². The first-order valence-corrected chi connectivity index (χ1v) is 10.5. The number of hydrogen-bond donors (Lipinski definition) is 1. The predicted molar refractivity (Wildman–Crippen MR) is 112 cm³/mol. The third-order valence-corrected chi connectivity index (χ3v) is 6.82. The molecule has 142 valence electrons. The zero-order valence-corrected chi connectivity index (χ0v) is 16.1. The van der Waals surface area contributed by atoms with Crippen LogP contribution in [0.1, 0.15) is 60.4 Å². The minimum atomic E-state index is 0.0399. The Hall–Kier alpha value is -2.68. The highest BCUT2D eigenvalue weighted by molar-refractivity contribution is 5.94. The summed E-state index contributed by atoms with van der Waals surface area (Å²) in [4.78, 5) is 17.2. The van der Waals surface area contributed by atoms with Crippen molar-refractivity contribution < 1.29 is 4.79 Å². The number of carbonyl (C=O) groups is 1. The minimum Gasteiger partial charge on any atom is -0.346 e. The zero-order valence-electron chi connectivity index (χ0n) is 16.1. The summed E-state index contributed by atoms with van der Waals surface area (Å²) < 4.78 is 0. The van der Waals surface area contributed by atoms with Gasteiger partial charge in [-0.25, -0.2) is 0 Å². The molecule has 2 aliphatic rings. The van der Waals surface area contributed by atoms with Crippen LogP contribution in [0.3, 0.4) is 0 Å². The molecule has 28 heavy (non-hydrogen) atoms. The first-order chi connectivity index (χ1) is 13.8. The molecule has 2 saturated carbocycles. The smallest absolute Gasteiger partial charge is 0.251 e. The lowest BCUT2D eigenvalue weighted by Gasteiger charge is -2.35. The van der Waals surface area contributed by atoms with E-state index in [9.17, 15) is 4.79 Å². The van der Waals surface area contributed by atoms with Crippen LogP contribution in [0.4, 0.5) is 0 Å². The van der Waals surface area contributed by atoms with Crippen LogP contribution in [-0.4, -0.2) is 16.4 Å². The molecule has 3 aromatic rings. The van der Waals surface area contributed by atoms with Gasteiger partial charge in [-0.2, -0.15) is 0 Å². The number of fused-ring (bicyclic) bond motifs is 1. The zero-order chi connectivity index (χ0) is 19.0. The molecule has 0 unspecified atom stereocenters. The van der Waals surface area contributed by atoms with Crippen molar-refractivity contribution in [3.63, 3.8) is 0 Å². The van der Waals surface area contributed by atoms with Gasteiger partial charge in [-0.15, -0.1) is 0 Å². The minimum absolute atomic E-state index is 0.0399. The van der Waals surface area contributed by atoms with Gasteiger partial charge in [0.1, 0.15) is 0 Å². The van der Waals surface area contributed by atoms with E-state index in [1.165, 1.54) is 36.6 Å². The van der Waals surface area contributed by atoms with E-state index in [0.717, 1.165) is 23.9 Å². The summed E-state index contributed by atoms with van der Waals surface area (Å²) in [5, 5.41) is 4.69. The van der Waals surface area contributed by atoms with Gasteiger partial charge in [0.25, 0.3) is 5.91 Å². The van der Waals surface area contributed by atoms with Crippen molar-refractivity contribution in [1.82, 2.24) is 10.3 Å². The van der Waals surface area contributed by atoms with Gasteiger partial charge in [-0.3, -0.25) is 9.78 Å². The number of para-hydroxylation sites is 1. The number of nitrogens with one attached hydrogen (secondary N) is 1. The Labute approximate surface area is 166 Å². The fourth-order valence-electron chi connectivity index (χ4n) is 5.09. The number of benzene rings is 2. The lowest BCUT2D eigenvalue weighted by molar-refractivity contribution is 0.0900. The molecule has 2 aliphatic carbocycles. The molecule has 0 saturated heterocycles. The highest BCUT2D eigenvalue weighted by Crippen LogP contribution is 2.51. The van der Waals surface area contributed by atoms with Crippen LogP contribution < -0.4 is 5.32 Å². The molecule has 0 aliphatic heterocycles. The van der Waals surface area contributed by atoms with E-state index in [1.807, 2.05) is 36.5 Å². The summed E-state index contributed by atoms with van der Waals surface area (Å²) in [6, 6.07) is 20.3. The summed E-state index contributed by atoms with van der Waals surface area (Å²) >= 11 is 0. The topological polar surface area (TPSA) is 42.0 Å². The van der Waals surface area contributed by atoms with E-state index < -0.39 is 0 Å². The first-order valence-electron chi connectivity index (χ1n) is 10.5. The molecule has 0 bridgehead atoms. The average molecular weight is 370 g/mol. The largest absolute Gasteiger partial charge is 0.346 e. The Bertz CT molecular complexity index is 980. The van der Waals surface area contributed by atoms with E-state index in [0.29, 0.717) is 11.8 Å². The summed E-state index contributed by atoms with van der Waals surface area (Å²) in [7, 11) is 0. The molecule has 3 heteroatoms. The van der Waals surface area contributed by atoms with Gasteiger partial charge >= 0.3 is 0 Å². The molecule has 1 N–H and O–H groups in total. The highest BCUT2D eigenvalue weighted by Gasteiger charge is 2.51. The van der Waals surface area contributed by atoms with Crippen LogP contribution >= 0.6 is 0 Å². The predicted octanol–water partition coefficient (Wildman–Crippen LogP) is 5.47. The van der Waals surface area contributed by atoms with Crippen LogP contribution in [0, 0.1) is 5.92 Å². The Kier molecular flexibility index (Phi) is 4.38. The first kappa shape index (κ1) is 17.4. The van der Waals surface area contributed by atoms with Gasteiger partial charge in [0.2, 0.25) is 0 Å². The second kappa shape index (κ2) is 7.05. The standard InChI is InChI=1S/C25H26N2O/c28-24(19-6-2-1-3-7-19)27-25(15-16-25)20-12-10-18(11-13-20)21-14-17-26-23-9-5-4-8-22(21)23/h1-9,14,17-18,20H,10-13,15-16H2,(H,27,28)/t18-,20+. The van der Waals surface area contributed by atoms with Gasteiger partial charge in [0, 0.05) is 22.7 Å². The number of aromatic nitrogens is 1. The van der Waals surface area contributed by atoms with Gasteiger partial charge in [0.15, 0.2) is 0 Å². The number of carbonyl (C=O) groups excluding carboxylic acids is 1. The summed E-state index contributed by atoms with van der Waals surface area (Å²) in [6.45, 7) is 0. The maximum atomic E-state index is 12.7. The van der Waals surface area contributed by atoms with Crippen molar-refractivity contribution in [2.45, 2.75) is 50.0 Å². The van der Waals surface area contributed by atoms with Crippen LogP contribution in [0.5, 0.6) is 0 Å². The second-order valence-corrected chi connectivity index (χ2v) is 8.44. The third kappa shape index (κ3) is 3.19. The van der Waals surface area contributed by atoms with Gasteiger partial charge in [-0.1, -0.05) is 36.4 Å². The number of pyridine rings is 1. The molecule has 0 atom stereocenters. The fraction of sp³-hybridized carbons (Fsp3) is 0.360. The molecule has 2 fully saturated rings.